The van der Waals surface area contributed by atoms with Crippen LogP contribution in [0, 0.1) is 5.41 Å². The van der Waals surface area contributed by atoms with Gasteiger partial charge >= 0.3 is 0 Å². The molecule has 0 aliphatic carbocycles. The molecule has 1 aliphatic rings. The molecule has 0 radical (unpaired) electrons. The molecule has 1 saturated heterocycles. The van der Waals surface area contributed by atoms with Crippen molar-refractivity contribution in [3.05, 3.63) is 0 Å². The Morgan fingerprint density at radius 3 is 2.85 bits per heavy atom. The average Bonchev–Trinajstić information content (AvgIpc) is 2.57. The van der Waals surface area contributed by atoms with Crippen molar-refractivity contribution in [3.63, 3.8) is 0 Å². The highest BCUT2D eigenvalue weighted by Gasteiger charge is 2.18. The Hall–Kier alpha value is -0.120. The highest BCUT2D eigenvalue weighted by Crippen LogP contribution is 2.13. The van der Waals surface area contributed by atoms with Gasteiger partial charge in [-0.1, -0.05) is 13.8 Å². The van der Waals surface area contributed by atoms with E-state index in [-0.39, 0.29) is 5.41 Å². The van der Waals surface area contributed by atoms with Crippen molar-refractivity contribution in [2.45, 2.75) is 32.8 Å². The van der Waals surface area contributed by atoms with Gasteiger partial charge in [0.2, 0.25) is 0 Å². The molecule has 1 heterocycles. The molecular weight excluding hydrogens is 164 g/mol. The Balaban J connectivity index is 2.06. The van der Waals surface area contributed by atoms with Crippen LogP contribution in [0.2, 0.25) is 0 Å². The maximum atomic E-state index is 5.63. The van der Waals surface area contributed by atoms with Crippen LogP contribution in [0.1, 0.15) is 26.7 Å². The fourth-order valence-electron chi connectivity index (χ4n) is 1.45. The lowest BCUT2D eigenvalue weighted by atomic mass is 9.94. The quantitative estimate of drug-likeness (QED) is 0.666. The molecule has 3 N–H and O–H groups in total. The SMILES string of the molecule is CC(C)(CN)CNCC1CCCO1. The molecule has 0 amide bonds. The van der Waals surface area contributed by atoms with E-state index in [1.165, 1.54) is 12.8 Å². The average molecular weight is 186 g/mol. The highest BCUT2D eigenvalue weighted by atomic mass is 16.5. The van der Waals surface area contributed by atoms with Crippen LogP contribution in [0.4, 0.5) is 0 Å². The number of ether oxygens (including phenoxy) is 1. The van der Waals surface area contributed by atoms with Gasteiger partial charge in [0, 0.05) is 19.7 Å². The van der Waals surface area contributed by atoms with Crippen molar-refractivity contribution >= 4 is 0 Å². The lowest BCUT2D eigenvalue weighted by molar-refractivity contribution is 0.107. The maximum Gasteiger partial charge on any atom is 0.0700 e. The van der Waals surface area contributed by atoms with E-state index in [9.17, 15) is 0 Å². The molecule has 0 aromatic carbocycles. The van der Waals surface area contributed by atoms with Crippen LogP contribution in [0.15, 0.2) is 0 Å². The van der Waals surface area contributed by atoms with Gasteiger partial charge in [-0.2, -0.15) is 0 Å². The summed E-state index contributed by atoms with van der Waals surface area (Å²) in [6, 6.07) is 0. The Kier molecular flexibility index (Phi) is 4.16. The summed E-state index contributed by atoms with van der Waals surface area (Å²) < 4.78 is 5.51. The first kappa shape index (κ1) is 11.0. The molecule has 0 bridgehead atoms. The zero-order chi connectivity index (χ0) is 9.73. The van der Waals surface area contributed by atoms with Gasteiger partial charge in [0.25, 0.3) is 0 Å². The van der Waals surface area contributed by atoms with Crippen LogP contribution >= 0.6 is 0 Å². The first-order valence-electron chi connectivity index (χ1n) is 5.16. The minimum atomic E-state index is 0.207. The molecule has 1 fully saturated rings. The number of hydrogen-bond donors (Lipinski definition) is 2. The van der Waals surface area contributed by atoms with E-state index in [1.54, 1.807) is 0 Å². The standard InChI is InChI=1S/C10H22N2O/c1-10(2,7-11)8-12-6-9-4-3-5-13-9/h9,12H,3-8,11H2,1-2H3. The fraction of sp³-hybridized carbons (Fsp3) is 1.00. The van der Waals surface area contributed by atoms with Gasteiger partial charge in [0.1, 0.15) is 0 Å². The first-order chi connectivity index (χ1) is 6.14. The van der Waals surface area contributed by atoms with E-state index in [4.69, 9.17) is 10.5 Å². The summed E-state index contributed by atoms with van der Waals surface area (Å²) in [6.45, 7) is 7.97. The summed E-state index contributed by atoms with van der Waals surface area (Å²) in [5.74, 6) is 0. The van der Waals surface area contributed by atoms with E-state index in [0.717, 1.165) is 26.2 Å². The summed E-state index contributed by atoms with van der Waals surface area (Å²) in [6.07, 6.45) is 2.86. The highest BCUT2D eigenvalue weighted by molar-refractivity contribution is 4.74. The molecule has 1 unspecified atom stereocenters. The third-order valence-corrected chi connectivity index (χ3v) is 2.55. The van der Waals surface area contributed by atoms with Gasteiger partial charge in [-0.05, 0) is 24.8 Å². The van der Waals surface area contributed by atoms with Gasteiger partial charge in [-0.15, -0.1) is 0 Å². The largest absolute Gasteiger partial charge is 0.377 e. The minimum Gasteiger partial charge on any atom is -0.377 e. The van der Waals surface area contributed by atoms with Crippen LogP contribution in [0.5, 0.6) is 0 Å². The summed E-state index contributed by atoms with van der Waals surface area (Å²) in [5, 5.41) is 3.41. The van der Waals surface area contributed by atoms with Crippen molar-refractivity contribution in [1.29, 1.82) is 0 Å². The zero-order valence-corrected chi connectivity index (χ0v) is 8.81. The second kappa shape index (κ2) is 4.94. The van der Waals surface area contributed by atoms with Gasteiger partial charge < -0.3 is 15.8 Å². The Morgan fingerprint density at radius 1 is 1.54 bits per heavy atom. The number of nitrogens with two attached hydrogens (primary N) is 1. The second-order valence-corrected chi connectivity index (χ2v) is 4.63. The summed E-state index contributed by atoms with van der Waals surface area (Å²) >= 11 is 0. The number of nitrogens with one attached hydrogen (secondary N) is 1. The summed E-state index contributed by atoms with van der Waals surface area (Å²) in [4.78, 5) is 0. The van der Waals surface area contributed by atoms with Gasteiger partial charge in [-0.3, -0.25) is 0 Å². The summed E-state index contributed by atoms with van der Waals surface area (Å²) in [5.41, 5.74) is 5.84. The molecule has 13 heavy (non-hydrogen) atoms. The van der Waals surface area contributed by atoms with Crippen molar-refractivity contribution in [2.24, 2.45) is 11.1 Å². The number of rotatable bonds is 5. The van der Waals surface area contributed by atoms with Crippen LogP contribution in [-0.2, 0) is 4.74 Å². The van der Waals surface area contributed by atoms with Crippen LogP contribution in [0.3, 0.4) is 0 Å². The third kappa shape index (κ3) is 4.07. The molecule has 0 aromatic rings. The number of hydrogen-bond acceptors (Lipinski definition) is 3. The lowest BCUT2D eigenvalue weighted by Gasteiger charge is -2.23. The topological polar surface area (TPSA) is 47.3 Å². The lowest BCUT2D eigenvalue weighted by Crippen LogP contribution is -2.38. The first-order valence-corrected chi connectivity index (χ1v) is 5.16. The molecule has 0 saturated carbocycles. The Bertz CT molecular complexity index is 142. The maximum absolute atomic E-state index is 5.63. The predicted molar refractivity (Wildman–Crippen MR) is 54.7 cm³/mol. The third-order valence-electron chi connectivity index (χ3n) is 2.55. The Labute approximate surface area is 81.0 Å². The minimum absolute atomic E-state index is 0.207. The molecule has 1 aliphatic heterocycles. The molecule has 1 atom stereocenters. The summed E-state index contributed by atoms with van der Waals surface area (Å²) in [7, 11) is 0. The molecule has 0 aromatic heterocycles. The van der Waals surface area contributed by atoms with E-state index in [2.05, 4.69) is 19.2 Å². The van der Waals surface area contributed by atoms with Crippen LogP contribution in [0.25, 0.3) is 0 Å². The normalized spacial score (nSPS) is 23.8. The monoisotopic (exact) mass is 186 g/mol. The smallest absolute Gasteiger partial charge is 0.0700 e. The predicted octanol–water partition coefficient (Wildman–Crippen LogP) is 0.740. The molecule has 3 nitrogen and oxygen atoms in total. The van der Waals surface area contributed by atoms with Crippen LogP contribution < -0.4 is 11.1 Å². The molecule has 1 rings (SSSR count). The van der Waals surface area contributed by atoms with Crippen molar-refractivity contribution in [1.82, 2.24) is 5.32 Å². The van der Waals surface area contributed by atoms with Gasteiger partial charge in [0.05, 0.1) is 6.10 Å². The van der Waals surface area contributed by atoms with E-state index < -0.39 is 0 Å². The molecular formula is C10H22N2O. The van der Waals surface area contributed by atoms with Crippen molar-refractivity contribution < 1.29 is 4.74 Å². The Morgan fingerprint density at radius 2 is 2.31 bits per heavy atom. The second-order valence-electron chi connectivity index (χ2n) is 4.63. The van der Waals surface area contributed by atoms with E-state index in [1.807, 2.05) is 0 Å². The van der Waals surface area contributed by atoms with Crippen molar-refractivity contribution in [2.75, 3.05) is 26.2 Å². The zero-order valence-electron chi connectivity index (χ0n) is 8.81. The molecule has 3 heteroatoms. The molecule has 0 spiro atoms. The van der Waals surface area contributed by atoms with Crippen molar-refractivity contribution in [3.8, 4) is 0 Å². The van der Waals surface area contributed by atoms with Crippen LogP contribution in [-0.4, -0.2) is 32.3 Å². The molecule has 78 valence electrons. The van der Waals surface area contributed by atoms with Gasteiger partial charge in [-0.25, -0.2) is 0 Å². The van der Waals surface area contributed by atoms with Gasteiger partial charge in [0.15, 0.2) is 0 Å². The van der Waals surface area contributed by atoms with E-state index >= 15 is 0 Å². The van der Waals surface area contributed by atoms with E-state index in [0.29, 0.717) is 6.10 Å². The fourth-order valence-corrected chi connectivity index (χ4v) is 1.45.